The van der Waals surface area contributed by atoms with Crippen LogP contribution in [0, 0.1) is 0 Å². The SMILES string of the molecule is NC(=O)C(O)C(O)c1ccc2c(c1)C(=O)CCO2. The van der Waals surface area contributed by atoms with E-state index >= 15 is 0 Å². The quantitative estimate of drug-likeness (QED) is 0.672. The second kappa shape index (κ2) is 4.75. The molecule has 18 heavy (non-hydrogen) atoms. The third kappa shape index (κ3) is 2.20. The fourth-order valence-electron chi connectivity index (χ4n) is 1.80. The number of Topliss-reactive ketones (excluding diaryl/α,β-unsaturated/α-hetero) is 1. The average Bonchev–Trinajstić information content (AvgIpc) is 2.37. The molecule has 1 aromatic carbocycles. The molecule has 0 aliphatic carbocycles. The van der Waals surface area contributed by atoms with E-state index in [1.54, 1.807) is 0 Å². The minimum Gasteiger partial charge on any atom is -0.492 e. The Morgan fingerprint density at radius 1 is 1.39 bits per heavy atom. The Labute approximate surface area is 103 Å². The Morgan fingerprint density at radius 3 is 2.78 bits per heavy atom. The number of ether oxygens (including phenoxy) is 1. The fraction of sp³-hybridized carbons (Fsp3) is 0.333. The molecule has 2 unspecified atom stereocenters. The van der Waals surface area contributed by atoms with E-state index in [9.17, 15) is 19.8 Å². The number of aliphatic hydroxyl groups is 2. The number of benzene rings is 1. The van der Waals surface area contributed by atoms with Crippen molar-refractivity contribution in [1.29, 1.82) is 0 Å². The van der Waals surface area contributed by atoms with Crippen LogP contribution in [0.4, 0.5) is 0 Å². The highest BCUT2D eigenvalue weighted by Crippen LogP contribution is 2.28. The van der Waals surface area contributed by atoms with E-state index in [0.717, 1.165) is 0 Å². The van der Waals surface area contributed by atoms with Gasteiger partial charge in [-0.3, -0.25) is 9.59 Å². The largest absolute Gasteiger partial charge is 0.492 e. The highest BCUT2D eigenvalue weighted by Gasteiger charge is 2.26. The molecule has 1 amide bonds. The second-order valence-electron chi connectivity index (χ2n) is 4.07. The van der Waals surface area contributed by atoms with Gasteiger partial charge in [0, 0.05) is 6.42 Å². The van der Waals surface area contributed by atoms with Gasteiger partial charge in [0.25, 0.3) is 0 Å². The van der Waals surface area contributed by atoms with E-state index in [1.807, 2.05) is 0 Å². The molecule has 2 rings (SSSR count). The Bertz CT molecular complexity index is 499. The van der Waals surface area contributed by atoms with Gasteiger partial charge in [0.2, 0.25) is 5.91 Å². The van der Waals surface area contributed by atoms with Gasteiger partial charge in [0.15, 0.2) is 11.9 Å². The molecule has 6 nitrogen and oxygen atoms in total. The number of primary amides is 1. The summed E-state index contributed by atoms with van der Waals surface area (Å²) in [6.45, 7) is 0.331. The maximum Gasteiger partial charge on any atom is 0.249 e. The maximum absolute atomic E-state index is 11.6. The number of hydrogen-bond acceptors (Lipinski definition) is 5. The number of carbonyl (C=O) groups excluding carboxylic acids is 2. The van der Waals surface area contributed by atoms with Crippen molar-refractivity contribution >= 4 is 11.7 Å². The minimum atomic E-state index is -1.71. The summed E-state index contributed by atoms with van der Waals surface area (Å²) < 4.78 is 5.28. The normalized spacial score (nSPS) is 17.6. The van der Waals surface area contributed by atoms with Gasteiger partial charge in [-0.1, -0.05) is 6.07 Å². The number of rotatable bonds is 3. The van der Waals surface area contributed by atoms with E-state index < -0.39 is 18.1 Å². The fourth-order valence-corrected chi connectivity index (χ4v) is 1.80. The standard InChI is InChI=1S/C12H13NO5/c13-12(17)11(16)10(15)6-1-2-9-7(5-6)8(14)3-4-18-9/h1-2,5,10-11,15-16H,3-4H2,(H2,13,17). The van der Waals surface area contributed by atoms with Crippen LogP contribution in [0.15, 0.2) is 18.2 Å². The summed E-state index contributed by atoms with van der Waals surface area (Å²) in [6.07, 6.45) is -2.89. The number of aliphatic hydroxyl groups excluding tert-OH is 2. The Balaban J connectivity index is 2.33. The van der Waals surface area contributed by atoms with E-state index in [4.69, 9.17) is 10.5 Å². The van der Waals surface area contributed by atoms with Crippen LogP contribution in [-0.4, -0.2) is 34.6 Å². The summed E-state index contributed by atoms with van der Waals surface area (Å²) in [7, 11) is 0. The number of amides is 1. The lowest BCUT2D eigenvalue weighted by Gasteiger charge is -2.20. The molecule has 0 aromatic heterocycles. The molecular weight excluding hydrogens is 238 g/mol. The molecule has 1 heterocycles. The van der Waals surface area contributed by atoms with Crippen LogP contribution in [0.25, 0.3) is 0 Å². The monoisotopic (exact) mass is 251 g/mol. The van der Waals surface area contributed by atoms with Crippen molar-refractivity contribution in [3.63, 3.8) is 0 Å². The molecule has 6 heteroatoms. The van der Waals surface area contributed by atoms with Gasteiger partial charge in [-0.05, 0) is 17.7 Å². The highest BCUT2D eigenvalue weighted by atomic mass is 16.5. The number of nitrogens with two attached hydrogens (primary N) is 1. The molecule has 0 fully saturated rings. The zero-order valence-corrected chi connectivity index (χ0v) is 9.50. The van der Waals surface area contributed by atoms with Crippen molar-refractivity contribution in [2.45, 2.75) is 18.6 Å². The molecule has 0 radical (unpaired) electrons. The molecule has 1 aliphatic heterocycles. The van der Waals surface area contributed by atoms with Gasteiger partial charge in [0.05, 0.1) is 12.2 Å². The molecule has 4 N–H and O–H groups in total. The number of hydrogen-bond donors (Lipinski definition) is 3. The molecular formula is C12H13NO5. The predicted octanol–water partition coefficient (Wildman–Crippen LogP) is -0.469. The summed E-state index contributed by atoms with van der Waals surface area (Å²) in [5.74, 6) is -0.683. The third-order valence-corrected chi connectivity index (χ3v) is 2.82. The molecule has 0 saturated carbocycles. The topological polar surface area (TPSA) is 110 Å². The minimum absolute atomic E-state index is 0.0983. The maximum atomic E-state index is 11.6. The van der Waals surface area contributed by atoms with Gasteiger partial charge in [0.1, 0.15) is 11.9 Å². The molecule has 2 atom stereocenters. The molecule has 0 spiro atoms. The third-order valence-electron chi connectivity index (χ3n) is 2.82. The van der Waals surface area contributed by atoms with Gasteiger partial charge >= 0.3 is 0 Å². The summed E-state index contributed by atoms with van der Waals surface area (Å²) in [4.78, 5) is 22.4. The van der Waals surface area contributed by atoms with E-state index in [0.29, 0.717) is 17.9 Å². The first-order valence-electron chi connectivity index (χ1n) is 5.46. The smallest absolute Gasteiger partial charge is 0.249 e. The zero-order valence-electron chi connectivity index (χ0n) is 9.50. The summed E-state index contributed by atoms with van der Waals surface area (Å²) in [5.41, 5.74) is 5.49. The van der Waals surface area contributed by atoms with Crippen LogP contribution >= 0.6 is 0 Å². The van der Waals surface area contributed by atoms with E-state index in [2.05, 4.69) is 0 Å². The van der Waals surface area contributed by atoms with Crippen LogP contribution in [0.5, 0.6) is 5.75 Å². The van der Waals surface area contributed by atoms with Gasteiger partial charge < -0.3 is 20.7 Å². The van der Waals surface area contributed by atoms with Gasteiger partial charge in [-0.2, -0.15) is 0 Å². The van der Waals surface area contributed by atoms with Crippen molar-refractivity contribution in [3.05, 3.63) is 29.3 Å². The Morgan fingerprint density at radius 2 is 2.11 bits per heavy atom. The lowest BCUT2D eigenvalue weighted by Crippen LogP contribution is -2.34. The first-order chi connectivity index (χ1) is 8.50. The first-order valence-corrected chi connectivity index (χ1v) is 5.46. The van der Waals surface area contributed by atoms with Crippen LogP contribution in [-0.2, 0) is 4.79 Å². The lowest BCUT2D eigenvalue weighted by atomic mass is 9.97. The molecule has 1 aromatic rings. The van der Waals surface area contributed by atoms with E-state index in [1.165, 1.54) is 18.2 Å². The second-order valence-corrected chi connectivity index (χ2v) is 4.07. The number of ketones is 1. The first kappa shape index (κ1) is 12.5. The zero-order chi connectivity index (χ0) is 13.3. The Kier molecular flexibility index (Phi) is 3.31. The van der Waals surface area contributed by atoms with Crippen LogP contribution in [0.2, 0.25) is 0 Å². The van der Waals surface area contributed by atoms with Crippen molar-refractivity contribution in [1.82, 2.24) is 0 Å². The summed E-state index contributed by atoms with van der Waals surface area (Å²) in [5, 5.41) is 19.1. The number of fused-ring (bicyclic) bond motifs is 1. The van der Waals surface area contributed by atoms with Crippen molar-refractivity contribution in [2.24, 2.45) is 5.73 Å². The predicted molar refractivity (Wildman–Crippen MR) is 61.0 cm³/mol. The van der Waals surface area contributed by atoms with Crippen molar-refractivity contribution in [3.8, 4) is 5.75 Å². The highest BCUT2D eigenvalue weighted by molar-refractivity contribution is 5.99. The van der Waals surface area contributed by atoms with Crippen LogP contribution in [0.3, 0.4) is 0 Å². The van der Waals surface area contributed by atoms with Gasteiger partial charge in [-0.15, -0.1) is 0 Å². The lowest BCUT2D eigenvalue weighted by molar-refractivity contribution is -0.131. The molecule has 96 valence electrons. The molecule has 1 aliphatic rings. The van der Waals surface area contributed by atoms with Crippen LogP contribution in [0.1, 0.15) is 28.4 Å². The molecule has 0 bridgehead atoms. The summed E-state index contributed by atoms with van der Waals surface area (Å²) >= 11 is 0. The van der Waals surface area contributed by atoms with Gasteiger partial charge in [-0.25, -0.2) is 0 Å². The Hall–Kier alpha value is -1.92. The summed E-state index contributed by atoms with van der Waals surface area (Å²) in [6, 6.07) is 4.42. The van der Waals surface area contributed by atoms with E-state index in [-0.39, 0.29) is 17.8 Å². The number of carbonyl (C=O) groups is 2. The van der Waals surface area contributed by atoms with Crippen molar-refractivity contribution < 1.29 is 24.5 Å². The van der Waals surface area contributed by atoms with Crippen LogP contribution < -0.4 is 10.5 Å². The van der Waals surface area contributed by atoms with Crippen molar-refractivity contribution in [2.75, 3.05) is 6.61 Å². The average molecular weight is 251 g/mol. The molecule has 0 saturated heterocycles.